The maximum atomic E-state index is 6.61. The van der Waals surface area contributed by atoms with Crippen LogP contribution in [0.25, 0.3) is 0 Å². The summed E-state index contributed by atoms with van der Waals surface area (Å²) in [5.41, 5.74) is 2.34. The average molecular weight is 535 g/mol. The van der Waals surface area contributed by atoms with Crippen LogP contribution in [0.15, 0.2) is 52.3 Å². The van der Waals surface area contributed by atoms with Crippen LogP contribution in [-0.4, -0.2) is 56.1 Å². The van der Waals surface area contributed by atoms with Crippen molar-refractivity contribution in [2.75, 3.05) is 46.2 Å². The lowest BCUT2D eigenvalue weighted by Gasteiger charge is -2.39. The second-order valence-corrected chi connectivity index (χ2v) is 12.9. The summed E-state index contributed by atoms with van der Waals surface area (Å²) in [5.74, 6) is 3.33. The number of hydrogen-bond acceptors (Lipinski definition) is 6. The van der Waals surface area contributed by atoms with Crippen molar-refractivity contribution >= 4 is 17.2 Å². The molecule has 5 nitrogen and oxygen atoms in total. The monoisotopic (exact) mass is 534 g/mol. The molecule has 2 unspecified atom stereocenters. The van der Waals surface area contributed by atoms with Crippen LogP contribution >= 0.6 is 11.3 Å². The Morgan fingerprint density at radius 3 is 2.32 bits per heavy atom. The number of likely N-dealkylation sites (tertiary alicyclic amines) is 1. The van der Waals surface area contributed by atoms with Crippen molar-refractivity contribution < 1.29 is 4.42 Å². The van der Waals surface area contributed by atoms with Crippen molar-refractivity contribution in [3.05, 3.63) is 69.9 Å². The van der Waals surface area contributed by atoms with Gasteiger partial charge < -0.3 is 14.2 Å². The quantitative estimate of drug-likeness (QED) is 0.270. The van der Waals surface area contributed by atoms with Crippen molar-refractivity contribution in [2.24, 2.45) is 11.8 Å². The highest BCUT2D eigenvalue weighted by Gasteiger charge is 2.35. The van der Waals surface area contributed by atoms with E-state index in [1.54, 1.807) is 0 Å². The summed E-state index contributed by atoms with van der Waals surface area (Å²) in [4.78, 5) is 14.0. The van der Waals surface area contributed by atoms with E-state index in [-0.39, 0.29) is 6.04 Å². The molecule has 3 aromatic rings. The topological polar surface area (TPSA) is 35.8 Å². The first-order chi connectivity index (χ1) is 18.5. The van der Waals surface area contributed by atoms with Crippen LogP contribution < -0.4 is 4.90 Å². The van der Waals surface area contributed by atoms with Crippen LogP contribution in [0.4, 0.5) is 5.88 Å². The average Bonchev–Trinajstić information content (AvgIpc) is 3.60. The summed E-state index contributed by atoms with van der Waals surface area (Å²) in [6, 6.07) is 16.0. The highest BCUT2D eigenvalue weighted by atomic mass is 32.1. The molecule has 3 heterocycles. The standard InChI is InChI=1S/C32H46N4OS/c1-34(2)30(29-14-11-21-38-29)26-17-15-25(16-18-26)23-28(36-19-9-6-10-20-36)31-33-27(32(37-31)35(3)4)22-24-12-7-5-8-13-24/h5,7-8,11-14,21,25-26,28,30H,6,9-10,15-20,22-23H2,1-4H3. The highest BCUT2D eigenvalue weighted by molar-refractivity contribution is 7.10. The van der Waals surface area contributed by atoms with E-state index in [1.807, 2.05) is 11.3 Å². The van der Waals surface area contributed by atoms with E-state index in [9.17, 15) is 0 Å². The molecule has 1 aliphatic carbocycles. The van der Waals surface area contributed by atoms with Gasteiger partial charge in [0.1, 0.15) is 5.69 Å². The molecule has 5 rings (SSSR count). The van der Waals surface area contributed by atoms with E-state index in [4.69, 9.17) is 9.40 Å². The first kappa shape index (κ1) is 27.4. The second kappa shape index (κ2) is 12.8. The minimum absolute atomic E-state index is 0.280. The van der Waals surface area contributed by atoms with Gasteiger partial charge in [-0.2, -0.15) is 0 Å². The van der Waals surface area contributed by atoms with Gasteiger partial charge in [-0.3, -0.25) is 4.90 Å². The van der Waals surface area contributed by atoms with E-state index in [1.165, 1.54) is 55.4 Å². The minimum atomic E-state index is 0.280. The molecule has 2 fully saturated rings. The molecule has 6 heteroatoms. The third kappa shape index (κ3) is 6.52. The summed E-state index contributed by atoms with van der Waals surface area (Å²) in [7, 11) is 8.65. The highest BCUT2D eigenvalue weighted by Crippen LogP contribution is 2.44. The van der Waals surface area contributed by atoms with Gasteiger partial charge in [0.2, 0.25) is 11.8 Å². The molecule has 1 saturated heterocycles. The zero-order chi connectivity index (χ0) is 26.5. The molecule has 1 saturated carbocycles. The Bertz CT molecular complexity index is 1100. The van der Waals surface area contributed by atoms with Crippen LogP contribution in [0.3, 0.4) is 0 Å². The normalized spacial score (nSPS) is 22.4. The Kier molecular flexibility index (Phi) is 9.24. The number of benzene rings is 1. The molecule has 2 aromatic heterocycles. The number of aromatic nitrogens is 1. The van der Waals surface area contributed by atoms with Gasteiger partial charge in [0.05, 0.1) is 6.04 Å². The number of hydrogen-bond donors (Lipinski definition) is 0. The Labute approximate surface area is 233 Å². The van der Waals surface area contributed by atoms with Crippen molar-refractivity contribution in [1.82, 2.24) is 14.8 Å². The predicted octanol–water partition coefficient (Wildman–Crippen LogP) is 7.42. The molecule has 2 atom stereocenters. The summed E-state index contributed by atoms with van der Waals surface area (Å²) in [5, 5.41) is 2.23. The Morgan fingerprint density at radius 1 is 0.947 bits per heavy atom. The van der Waals surface area contributed by atoms with Crippen molar-refractivity contribution in [2.45, 2.75) is 69.9 Å². The van der Waals surface area contributed by atoms with Crippen LogP contribution in [0, 0.1) is 11.8 Å². The zero-order valence-corrected chi connectivity index (χ0v) is 24.6. The largest absolute Gasteiger partial charge is 0.423 e. The van der Waals surface area contributed by atoms with Gasteiger partial charge >= 0.3 is 0 Å². The summed E-state index contributed by atoms with van der Waals surface area (Å²) in [6.45, 7) is 2.32. The minimum Gasteiger partial charge on any atom is -0.423 e. The first-order valence-corrected chi connectivity index (χ1v) is 15.5. The lowest BCUT2D eigenvalue weighted by Crippen LogP contribution is -2.36. The number of piperidine rings is 1. The van der Waals surface area contributed by atoms with Crippen LogP contribution in [0.5, 0.6) is 0 Å². The van der Waals surface area contributed by atoms with E-state index in [2.05, 4.69) is 90.7 Å². The fraction of sp³-hybridized carbons (Fsp3) is 0.594. The fourth-order valence-electron chi connectivity index (χ4n) is 6.82. The van der Waals surface area contributed by atoms with Crippen LogP contribution in [-0.2, 0) is 6.42 Å². The van der Waals surface area contributed by atoms with E-state index in [0.29, 0.717) is 6.04 Å². The number of thiophene rings is 1. The summed E-state index contributed by atoms with van der Waals surface area (Å²) >= 11 is 1.91. The maximum Gasteiger partial charge on any atom is 0.219 e. The Morgan fingerprint density at radius 2 is 1.68 bits per heavy atom. The zero-order valence-electron chi connectivity index (χ0n) is 23.8. The van der Waals surface area contributed by atoms with Crippen molar-refractivity contribution in [3.63, 3.8) is 0 Å². The first-order valence-electron chi connectivity index (χ1n) is 14.6. The molecule has 0 spiro atoms. The predicted molar refractivity (Wildman–Crippen MR) is 159 cm³/mol. The van der Waals surface area contributed by atoms with Gasteiger partial charge in [-0.1, -0.05) is 55.7 Å². The number of oxazole rings is 1. The lowest BCUT2D eigenvalue weighted by atomic mass is 9.75. The van der Waals surface area contributed by atoms with Gasteiger partial charge in [0.15, 0.2) is 0 Å². The van der Waals surface area contributed by atoms with Crippen molar-refractivity contribution in [1.29, 1.82) is 0 Å². The third-order valence-electron chi connectivity index (χ3n) is 8.72. The number of anilines is 1. The van der Waals surface area contributed by atoms with Crippen molar-refractivity contribution in [3.8, 4) is 0 Å². The summed E-state index contributed by atoms with van der Waals surface area (Å²) in [6.07, 6.45) is 11.1. The molecule has 1 aromatic carbocycles. The Hall–Kier alpha value is -2.15. The van der Waals surface area contributed by atoms with Crippen LogP contribution in [0.1, 0.15) is 85.5 Å². The van der Waals surface area contributed by atoms with Gasteiger partial charge in [0.25, 0.3) is 0 Å². The van der Waals surface area contributed by atoms with E-state index < -0.39 is 0 Å². The Balaban J connectivity index is 1.32. The molecule has 2 aliphatic rings. The number of rotatable bonds is 10. The molecular weight excluding hydrogens is 488 g/mol. The third-order valence-corrected chi connectivity index (χ3v) is 9.66. The molecule has 0 radical (unpaired) electrons. The molecule has 206 valence electrons. The van der Waals surface area contributed by atoms with Gasteiger partial charge in [-0.05, 0) is 88.1 Å². The van der Waals surface area contributed by atoms with Gasteiger partial charge in [-0.15, -0.1) is 11.3 Å². The van der Waals surface area contributed by atoms with E-state index in [0.717, 1.165) is 55.2 Å². The fourth-order valence-corrected chi connectivity index (χ4v) is 7.83. The number of nitrogens with zero attached hydrogens (tertiary/aromatic N) is 4. The van der Waals surface area contributed by atoms with Crippen LogP contribution in [0.2, 0.25) is 0 Å². The molecule has 0 N–H and O–H groups in total. The molecule has 0 amide bonds. The lowest BCUT2D eigenvalue weighted by molar-refractivity contribution is 0.0950. The molecular formula is C32H46N4OS. The smallest absolute Gasteiger partial charge is 0.219 e. The molecule has 1 aliphatic heterocycles. The maximum absolute atomic E-state index is 6.61. The van der Waals surface area contributed by atoms with E-state index >= 15 is 0 Å². The van der Waals surface area contributed by atoms with Gasteiger partial charge in [0, 0.05) is 31.4 Å². The summed E-state index contributed by atoms with van der Waals surface area (Å²) < 4.78 is 6.61. The van der Waals surface area contributed by atoms with Gasteiger partial charge in [-0.25, -0.2) is 4.98 Å². The SMILES string of the molecule is CN(C)c1oc(C(CC2CCC(C(c3cccs3)N(C)C)CC2)N2CCCCC2)nc1Cc1ccccc1. The molecule has 0 bridgehead atoms. The second-order valence-electron chi connectivity index (χ2n) is 11.9. The molecule has 38 heavy (non-hydrogen) atoms.